The highest BCUT2D eigenvalue weighted by atomic mass is 35.5. The quantitative estimate of drug-likeness (QED) is 0.618. The van der Waals surface area contributed by atoms with E-state index >= 15 is 0 Å². The van der Waals surface area contributed by atoms with E-state index in [9.17, 15) is 18.0 Å². The Morgan fingerprint density at radius 2 is 1.70 bits per heavy atom. The number of hydrogen-bond acceptors (Lipinski definition) is 6. The first-order chi connectivity index (χ1) is 14.1. The third kappa shape index (κ3) is 5.21. The molecule has 162 valence electrons. The molecule has 11 heteroatoms. The molecule has 0 unspecified atom stereocenters. The molecule has 2 aromatic carbocycles. The number of methoxy groups -OCH3 is 1. The second-order valence-corrected chi connectivity index (χ2v) is 8.71. The Kier molecular flexibility index (Phi) is 7.65. The van der Waals surface area contributed by atoms with Crippen molar-refractivity contribution in [3.63, 3.8) is 0 Å². The lowest BCUT2D eigenvalue weighted by Gasteiger charge is -2.14. The monoisotopic (exact) mass is 455 g/mol. The van der Waals surface area contributed by atoms with E-state index in [0.717, 1.165) is 4.31 Å². The third-order valence-electron chi connectivity index (χ3n) is 3.94. The molecule has 2 amide bonds. The summed E-state index contributed by atoms with van der Waals surface area (Å²) in [5, 5.41) is 0.175. The molecule has 0 fully saturated rings. The molecule has 0 aromatic heterocycles. The first-order valence-electron chi connectivity index (χ1n) is 8.75. The summed E-state index contributed by atoms with van der Waals surface area (Å²) < 4.78 is 36.0. The molecule has 2 rings (SSSR count). The highest BCUT2D eigenvalue weighted by Crippen LogP contribution is 2.36. The van der Waals surface area contributed by atoms with E-state index < -0.39 is 21.8 Å². The molecule has 0 bridgehead atoms. The summed E-state index contributed by atoms with van der Waals surface area (Å²) in [4.78, 5) is 24.7. The summed E-state index contributed by atoms with van der Waals surface area (Å²) in [5.74, 6) is -0.768. The molecular weight excluding hydrogens is 434 g/mol. The van der Waals surface area contributed by atoms with Gasteiger partial charge in [-0.3, -0.25) is 20.4 Å². The Morgan fingerprint density at radius 1 is 1.07 bits per heavy atom. The van der Waals surface area contributed by atoms with Crippen molar-refractivity contribution < 1.29 is 27.5 Å². The fourth-order valence-electron chi connectivity index (χ4n) is 2.40. The molecule has 0 atom stereocenters. The van der Waals surface area contributed by atoms with Crippen molar-refractivity contribution in [2.75, 3.05) is 27.8 Å². The normalized spacial score (nSPS) is 11.1. The van der Waals surface area contributed by atoms with Crippen LogP contribution in [0.5, 0.6) is 11.5 Å². The van der Waals surface area contributed by atoms with E-state index in [-0.39, 0.29) is 26.8 Å². The van der Waals surface area contributed by atoms with Gasteiger partial charge in [-0.05, 0) is 37.3 Å². The van der Waals surface area contributed by atoms with Crippen molar-refractivity contribution in [2.24, 2.45) is 0 Å². The first-order valence-corrected chi connectivity index (χ1v) is 10.6. The Labute approximate surface area is 179 Å². The van der Waals surface area contributed by atoms with Crippen LogP contribution in [-0.4, -0.2) is 52.3 Å². The summed E-state index contributed by atoms with van der Waals surface area (Å²) in [5.41, 5.74) is 4.68. The van der Waals surface area contributed by atoms with Crippen LogP contribution in [0.2, 0.25) is 5.02 Å². The van der Waals surface area contributed by atoms with E-state index in [0.29, 0.717) is 12.4 Å². The summed E-state index contributed by atoms with van der Waals surface area (Å²) in [6.07, 6.45) is 0. The van der Waals surface area contributed by atoms with Crippen molar-refractivity contribution >= 4 is 33.4 Å². The van der Waals surface area contributed by atoms with Gasteiger partial charge in [0.15, 0.2) is 11.5 Å². The molecular formula is C19H22ClN3O6S. The molecule has 0 saturated carbocycles. The number of ether oxygens (including phenoxy) is 2. The molecule has 0 aliphatic rings. The first kappa shape index (κ1) is 23.5. The predicted octanol–water partition coefficient (Wildman–Crippen LogP) is 2.07. The molecule has 2 N–H and O–H groups in total. The lowest BCUT2D eigenvalue weighted by atomic mass is 10.2. The molecule has 0 spiro atoms. The number of nitrogens with one attached hydrogen (secondary N) is 2. The largest absolute Gasteiger partial charge is 0.493 e. The van der Waals surface area contributed by atoms with E-state index in [2.05, 4.69) is 10.9 Å². The van der Waals surface area contributed by atoms with Crippen LogP contribution in [0.25, 0.3) is 0 Å². The number of benzene rings is 2. The van der Waals surface area contributed by atoms with Crippen molar-refractivity contribution in [1.29, 1.82) is 0 Å². The number of halogens is 1. The highest BCUT2D eigenvalue weighted by Gasteiger charge is 2.20. The minimum Gasteiger partial charge on any atom is -0.493 e. The van der Waals surface area contributed by atoms with Crippen molar-refractivity contribution in [2.45, 2.75) is 11.8 Å². The Balaban J connectivity index is 2.15. The van der Waals surface area contributed by atoms with Gasteiger partial charge in [0.1, 0.15) is 0 Å². The molecule has 0 radical (unpaired) electrons. The number of hydrogen-bond donors (Lipinski definition) is 2. The highest BCUT2D eigenvalue weighted by molar-refractivity contribution is 7.89. The standard InChI is InChI=1S/C19H22ClN3O6S/c1-5-29-17-15(20)10-13(11-16(17)28-4)19(25)22-21-18(24)12-7-6-8-14(9-12)30(26,27)23(2)3/h6-11H,5H2,1-4H3,(H,21,24)(H,22,25). The van der Waals surface area contributed by atoms with Crippen molar-refractivity contribution in [3.05, 3.63) is 52.5 Å². The van der Waals surface area contributed by atoms with E-state index in [1.54, 1.807) is 6.92 Å². The van der Waals surface area contributed by atoms with Crippen LogP contribution in [0.3, 0.4) is 0 Å². The second kappa shape index (κ2) is 9.79. The van der Waals surface area contributed by atoms with Gasteiger partial charge in [0, 0.05) is 25.2 Å². The third-order valence-corrected chi connectivity index (χ3v) is 6.04. The number of hydrazine groups is 1. The summed E-state index contributed by atoms with van der Waals surface area (Å²) in [6.45, 7) is 2.14. The lowest BCUT2D eigenvalue weighted by Crippen LogP contribution is -2.41. The number of nitrogens with zero attached hydrogens (tertiary/aromatic N) is 1. The number of sulfonamides is 1. The Hall–Kier alpha value is -2.82. The zero-order valence-corrected chi connectivity index (χ0v) is 18.4. The van der Waals surface area contributed by atoms with Crippen molar-refractivity contribution in [3.8, 4) is 11.5 Å². The number of amides is 2. The molecule has 0 aliphatic heterocycles. The zero-order chi connectivity index (χ0) is 22.5. The van der Waals surface area contributed by atoms with Crippen LogP contribution in [0.1, 0.15) is 27.6 Å². The van der Waals surface area contributed by atoms with Crippen LogP contribution < -0.4 is 20.3 Å². The average molecular weight is 456 g/mol. The topological polar surface area (TPSA) is 114 Å². The maximum absolute atomic E-state index is 12.4. The minimum atomic E-state index is -3.70. The lowest BCUT2D eigenvalue weighted by molar-refractivity contribution is 0.0846. The molecule has 0 aliphatic carbocycles. The van der Waals surface area contributed by atoms with Crippen LogP contribution >= 0.6 is 11.6 Å². The maximum Gasteiger partial charge on any atom is 0.269 e. The van der Waals surface area contributed by atoms with Gasteiger partial charge in [-0.2, -0.15) is 0 Å². The molecule has 30 heavy (non-hydrogen) atoms. The van der Waals surface area contributed by atoms with E-state index in [1.165, 1.54) is 57.6 Å². The fourth-order valence-corrected chi connectivity index (χ4v) is 3.62. The maximum atomic E-state index is 12.4. The van der Waals surface area contributed by atoms with Crippen LogP contribution in [0, 0.1) is 0 Å². The van der Waals surface area contributed by atoms with Gasteiger partial charge in [-0.15, -0.1) is 0 Å². The van der Waals surface area contributed by atoms with E-state index in [4.69, 9.17) is 21.1 Å². The van der Waals surface area contributed by atoms with Gasteiger partial charge in [0.25, 0.3) is 11.8 Å². The summed E-state index contributed by atoms with van der Waals surface area (Å²) in [7, 11) is 0.481. The average Bonchev–Trinajstić information content (AvgIpc) is 2.72. The van der Waals surface area contributed by atoms with Gasteiger partial charge < -0.3 is 9.47 Å². The Bertz CT molecular complexity index is 1060. The Morgan fingerprint density at radius 3 is 2.27 bits per heavy atom. The summed E-state index contributed by atoms with van der Waals surface area (Å²) >= 11 is 6.15. The minimum absolute atomic E-state index is 0.0468. The molecule has 0 saturated heterocycles. The summed E-state index contributed by atoms with van der Waals surface area (Å²) in [6, 6.07) is 8.24. The predicted molar refractivity (Wildman–Crippen MR) is 111 cm³/mol. The van der Waals surface area contributed by atoms with Gasteiger partial charge in [-0.1, -0.05) is 17.7 Å². The zero-order valence-electron chi connectivity index (χ0n) is 16.9. The molecule has 2 aromatic rings. The number of rotatable bonds is 7. The molecule has 9 nitrogen and oxygen atoms in total. The van der Waals surface area contributed by atoms with Gasteiger partial charge in [-0.25, -0.2) is 12.7 Å². The molecule has 0 heterocycles. The SMILES string of the molecule is CCOc1c(Cl)cc(C(=O)NNC(=O)c2cccc(S(=O)(=O)N(C)C)c2)cc1OC. The van der Waals surface area contributed by atoms with Gasteiger partial charge >= 0.3 is 0 Å². The second-order valence-electron chi connectivity index (χ2n) is 6.15. The van der Waals surface area contributed by atoms with Crippen LogP contribution in [0.15, 0.2) is 41.3 Å². The van der Waals surface area contributed by atoms with Crippen LogP contribution in [-0.2, 0) is 10.0 Å². The van der Waals surface area contributed by atoms with Crippen LogP contribution in [0.4, 0.5) is 0 Å². The van der Waals surface area contributed by atoms with Crippen molar-refractivity contribution in [1.82, 2.24) is 15.2 Å². The number of carbonyl (C=O) groups excluding carboxylic acids is 2. The van der Waals surface area contributed by atoms with Gasteiger partial charge in [0.05, 0.1) is 23.6 Å². The fraction of sp³-hybridized carbons (Fsp3) is 0.263. The smallest absolute Gasteiger partial charge is 0.269 e. The number of carbonyl (C=O) groups is 2. The van der Waals surface area contributed by atoms with E-state index in [1.807, 2.05) is 0 Å². The van der Waals surface area contributed by atoms with Gasteiger partial charge in [0.2, 0.25) is 10.0 Å².